The molecule has 96 valence electrons. The van der Waals surface area contributed by atoms with E-state index in [4.69, 9.17) is 0 Å². The fraction of sp³-hybridized carbons (Fsp3) is 0.786. The average molecular weight is 235 g/mol. The van der Waals surface area contributed by atoms with Crippen molar-refractivity contribution in [1.82, 2.24) is 15.1 Å². The van der Waals surface area contributed by atoms with Gasteiger partial charge < -0.3 is 5.32 Å². The molecule has 1 aromatic rings. The Hall–Kier alpha value is -0.830. The minimum Gasteiger partial charge on any atom is -0.308 e. The van der Waals surface area contributed by atoms with E-state index in [2.05, 4.69) is 41.9 Å². The van der Waals surface area contributed by atoms with E-state index in [1.54, 1.807) is 0 Å². The zero-order chi connectivity index (χ0) is 12.3. The number of aromatic nitrogens is 2. The number of nitrogens with one attached hydrogen (secondary N) is 1. The summed E-state index contributed by atoms with van der Waals surface area (Å²) in [6.45, 7) is 8.82. The molecule has 3 heteroatoms. The number of nitrogens with zero attached hydrogens (tertiary/aromatic N) is 2. The second-order valence-corrected chi connectivity index (χ2v) is 5.81. The van der Waals surface area contributed by atoms with Crippen LogP contribution in [0.25, 0.3) is 0 Å². The van der Waals surface area contributed by atoms with Crippen LogP contribution in [0.5, 0.6) is 0 Å². The van der Waals surface area contributed by atoms with Crippen molar-refractivity contribution in [3.63, 3.8) is 0 Å². The first kappa shape index (κ1) is 12.6. The third kappa shape index (κ3) is 2.89. The molecule has 0 bridgehead atoms. The van der Waals surface area contributed by atoms with Gasteiger partial charge in [-0.1, -0.05) is 26.7 Å². The van der Waals surface area contributed by atoms with Crippen molar-refractivity contribution in [2.24, 2.45) is 5.41 Å². The monoisotopic (exact) mass is 235 g/mol. The number of aryl methyl sites for hydroxylation is 1. The Morgan fingerprint density at radius 3 is 3.00 bits per heavy atom. The zero-order valence-electron chi connectivity index (χ0n) is 11.4. The summed E-state index contributed by atoms with van der Waals surface area (Å²) in [7, 11) is 0. The van der Waals surface area contributed by atoms with E-state index in [0.29, 0.717) is 11.5 Å². The summed E-state index contributed by atoms with van der Waals surface area (Å²) in [5, 5.41) is 8.04. The third-order valence-electron chi connectivity index (χ3n) is 4.14. The molecule has 1 aliphatic carbocycles. The van der Waals surface area contributed by atoms with Gasteiger partial charge in [-0.05, 0) is 31.2 Å². The first-order chi connectivity index (χ1) is 8.13. The predicted molar refractivity (Wildman–Crippen MR) is 70.8 cm³/mol. The summed E-state index contributed by atoms with van der Waals surface area (Å²) < 4.78 is 2.07. The SMILES string of the molecule is CCn1nccc1CNC1CCCCC1(C)C. The molecule has 0 aromatic carbocycles. The largest absolute Gasteiger partial charge is 0.308 e. The van der Waals surface area contributed by atoms with Crippen LogP contribution >= 0.6 is 0 Å². The Labute approximate surface area is 105 Å². The van der Waals surface area contributed by atoms with Gasteiger partial charge in [0.2, 0.25) is 0 Å². The van der Waals surface area contributed by atoms with Gasteiger partial charge in [0.25, 0.3) is 0 Å². The van der Waals surface area contributed by atoms with Gasteiger partial charge in [-0.2, -0.15) is 5.10 Å². The summed E-state index contributed by atoms with van der Waals surface area (Å²) in [5.74, 6) is 0. The van der Waals surface area contributed by atoms with Crippen LogP contribution in [-0.2, 0) is 13.1 Å². The van der Waals surface area contributed by atoms with Crippen LogP contribution in [0.4, 0.5) is 0 Å². The molecule has 1 N–H and O–H groups in total. The van der Waals surface area contributed by atoms with Crippen LogP contribution in [-0.4, -0.2) is 15.8 Å². The Morgan fingerprint density at radius 1 is 1.47 bits per heavy atom. The Balaban J connectivity index is 1.93. The highest BCUT2D eigenvalue weighted by Crippen LogP contribution is 2.35. The van der Waals surface area contributed by atoms with Crippen LogP contribution in [0, 0.1) is 5.41 Å². The number of hydrogen-bond donors (Lipinski definition) is 1. The Bertz CT molecular complexity index is 354. The van der Waals surface area contributed by atoms with E-state index < -0.39 is 0 Å². The average Bonchev–Trinajstić information content (AvgIpc) is 2.74. The molecule has 1 saturated carbocycles. The lowest BCUT2D eigenvalue weighted by molar-refractivity contribution is 0.166. The molecule has 0 amide bonds. The summed E-state index contributed by atoms with van der Waals surface area (Å²) in [6.07, 6.45) is 7.31. The topological polar surface area (TPSA) is 29.9 Å². The van der Waals surface area contributed by atoms with Crippen molar-refractivity contribution < 1.29 is 0 Å². The molecule has 1 heterocycles. The Morgan fingerprint density at radius 2 is 2.29 bits per heavy atom. The van der Waals surface area contributed by atoms with Gasteiger partial charge in [0.05, 0.1) is 5.69 Å². The van der Waals surface area contributed by atoms with Crippen LogP contribution < -0.4 is 5.32 Å². The third-order valence-corrected chi connectivity index (χ3v) is 4.14. The molecular formula is C14H25N3. The van der Waals surface area contributed by atoms with Gasteiger partial charge >= 0.3 is 0 Å². The summed E-state index contributed by atoms with van der Waals surface area (Å²) in [4.78, 5) is 0. The standard InChI is InChI=1S/C14H25N3/c1-4-17-12(8-10-16-17)11-15-13-7-5-6-9-14(13,2)3/h8,10,13,15H,4-7,9,11H2,1-3H3. The zero-order valence-corrected chi connectivity index (χ0v) is 11.4. The molecular weight excluding hydrogens is 210 g/mol. The second-order valence-electron chi connectivity index (χ2n) is 5.81. The van der Waals surface area contributed by atoms with Crippen molar-refractivity contribution in [2.75, 3.05) is 0 Å². The molecule has 1 aliphatic rings. The lowest BCUT2D eigenvalue weighted by Crippen LogP contribution is -2.44. The van der Waals surface area contributed by atoms with Crippen LogP contribution in [0.15, 0.2) is 12.3 Å². The maximum Gasteiger partial charge on any atom is 0.0522 e. The normalized spacial score (nSPS) is 23.8. The van der Waals surface area contributed by atoms with E-state index in [9.17, 15) is 0 Å². The first-order valence-electron chi connectivity index (χ1n) is 6.87. The summed E-state index contributed by atoms with van der Waals surface area (Å²) in [6, 6.07) is 2.77. The molecule has 0 radical (unpaired) electrons. The van der Waals surface area contributed by atoms with Crippen LogP contribution in [0.3, 0.4) is 0 Å². The molecule has 0 saturated heterocycles. The quantitative estimate of drug-likeness (QED) is 0.869. The molecule has 17 heavy (non-hydrogen) atoms. The minimum absolute atomic E-state index is 0.440. The second kappa shape index (κ2) is 5.21. The van der Waals surface area contributed by atoms with Gasteiger partial charge in [0.1, 0.15) is 0 Å². The van der Waals surface area contributed by atoms with Gasteiger partial charge in [-0.15, -0.1) is 0 Å². The highest BCUT2D eigenvalue weighted by atomic mass is 15.3. The van der Waals surface area contributed by atoms with Crippen LogP contribution in [0.1, 0.15) is 52.1 Å². The summed E-state index contributed by atoms with van der Waals surface area (Å²) >= 11 is 0. The van der Waals surface area contributed by atoms with Gasteiger partial charge in [-0.25, -0.2) is 0 Å². The van der Waals surface area contributed by atoms with Crippen molar-refractivity contribution in [1.29, 1.82) is 0 Å². The van der Waals surface area contributed by atoms with Gasteiger partial charge in [0.15, 0.2) is 0 Å². The van der Waals surface area contributed by atoms with E-state index in [1.165, 1.54) is 31.4 Å². The molecule has 0 aliphatic heterocycles. The smallest absolute Gasteiger partial charge is 0.0522 e. The van der Waals surface area contributed by atoms with Crippen molar-refractivity contribution >= 4 is 0 Å². The van der Waals surface area contributed by atoms with Crippen LogP contribution in [0.2, 0.25) is 0 Å². The fourth-order valence-corrected chi connectivity index (χ4v) is 2.90. The maximum atomic E-state index is 4.31. The first-order valence-corrected chi connectivity index (χ1v) is 6.87. The molecule has 1 aromatic heterocycles. The molecule has 0 spiro atoms. The van der Waals surface area contributed by atoms with Gasteiger partial charge in [-0.3, -0.25) is 4.68 Å². The van der Waals surface area contributed by atoms with E-state index in [-0.39, 0.29) is 0 Å². The van der Waals surface area contributed by atoms with Crippen molar-refractivity contribution in [3.05, 3.63) is 18.0 Å². The van der Waals surface area contributed by atoms with Crippen molar-refractivity contribution in [3.8, 4) is 0 Å². The van der Waals surface area contributed by atoms with Crippen molar-refractivity contribution in [2.45, 2.75) is 65.6 Å². The lowest BCUT2D eigenvalue weighted by atomic mass is 9.73. The van der Waals surface area contributed by atoms with Gasteiger partial charge in [0, 0.05) is 25.3 Å². The lowest BCUT2D eigenvalue weighted by Gasteiger charge is -2.39. The predicted octanol–water partition coefficient (Wildman–Crippen LogP) is 2.96. The molecule has 1 fully saturated rings. The molecule has 3 nitrogen and oxygen atoms in total. The van der Waals surface area contributed by atoms with E-state index >= 15 is 0 Å². The molecule has 1 unspecified atom stereocenters. The summed E-state index contributed by atoms with van der Waals surface area (Å²) in [5.41, 5.74) is 1.74. The highest BCUT2D eigenvalue weighted by molar-refractivity contribution is 5.01. The van der Waals surface area contributed by atoms with E-state index in [0.717, 1.165) is 13.1 Å². The van der Waals surface area contributed by atoms with E-state index in [1.807, 2.05) is 6.20 Å². The maximum absolute atomic E-state index is 4.31. The fourth-order valence-electron chi connectivity index (χ4n) is 2.90. The molecule has 1 atom stereocenters. The minimum atomic E-state index is 0.440. The number of hydrogen-bond acceptors (Lipinski definition) is 2. The highest BCUT2D eigenvalue weighted by Gasteiger charge is 2.31. The Kier molecular flexibility index (Phi) is 3.87. The molecule has 2 rings (SSSR count). The number of rotatable bonds is 4.